The van der Waals surface area contributed by atoms with Gasteiger partial charge < -0.3 is 4.74 Å². The highest BCUT2D eigenvalue weighted by Crippen LogP contribution is 2.50. The Balaban J connectivity index is 1.37. The number of hydrogen-bond donors (Lipinski definition) is 0. The zero-order valence-electron chi connectivity index (χ0n) is 21.1. The van der Waals surface area contributed by atoms with E-state index < -0.39 is 0 Å². The maximum Gasteiger partial charge on any atom is 0.136 e. The molecule has 1 heteroatoms. The Hall–Kier alpha value is -5.14. The van der Waals surface area contributed by atoms with E-state index in [2.05, 4.69) is 133 Å². The van der Waals surface area contributed by atoms with E-state index in [0.717, 1.165) is 17.1 Å². The van der Waals surface area contributed by atoms with Crippen LogP contribution in [0.2, 0.25) is 0 Å². The topological polar surface area (TPSA) is 9.23 Å². The molecule has 8 aromatic carbocycles. The molecule has 1 aliphatic heterocycles. The van der Waals surface area contributed by atoms with Gasteiger partial charge in [0.1, 0.15) is 11.5 Å². The van der Waals surface area contributed by atoms with Crippen LogP contribution in [-0.4, -0.2) is 0 Å². The van der Waals surface area contributed by atoms with Gasteiger partial charge in [-0.3, -0.25) is 0 Å². The van der Waals surface area contributed by atoms with Gasteiger partial charge in [-0.1, -0.05) is 109 Å². The van der Waals surface area contributed by atoms with Gasteiger partial charge >= 0.3 is 0 Å². The first-order valence-corrected chi connectivity index (χ1v) is 13.4. The minimum absolute atomic E-state index is 0.907. The third kappa shape index (κ3) is 2.90. The van der Waals surface area contributed by atoms with Gasteiger partial charge in [-0.2, -0.15) is 0 Å². The summed E-state index contributed by atoms with van der Waals surface area (Å²) < 4.78 is 6.58. The van der Waals surface area contributed by atoms with Crippen molar-refractivity contribution in [3.63, 3.8) is 0 Å². The minimum atomic E-state index is 0.907. The highest BCUT2D eigenvalue weighted by atomic mass is 16.5. The van der Waals surface area contributed by atoms with Crippen molar-refractivity contribution in [1.29, 1.82) is 0 Å². The second-order valence-electron chi connectivity index (χ2n) is 10.5. The van der Waals surface area contributed by atoms with Crippen molar-refractivity contribution in [2.24, 2.45) is 0 Å². The lowest BCUT2D eigenvalue weighted by Crippen LogP contribution is -1.98. The highest BCUT2D eigenvalue weighted by Gasteiger charge is 2.23. The zero-order chi connectivity index (χ0) is 25.5. The summed E-state index contributed by atoms with van der Waals surface area (Å²) in [6.07, 6.45) is 0. The summed E-state index contributed by atoms with van der Waals surface area (Å²) in [6, 6.07) is 48.4. The van der Waals surface area contributed by atoms with Crippen molar-refractivity contribution < 1.29 is 4.74 Å². The number of ether oxygens (including phenoxy) is 1. The van der Waals surface area contributed by atoms with Gasteiger partial charge in [-0.15, -0.1) is 0 Å². The largest absolute Gasteiger partial charge is 0.456 e. The fourth-order valence-electron chi connectivity index (χ4n) is 6.66. The molecule has 0 spiro atoms. The predicted octanol–water partition coefficient (Wildman–Crippen LogP) is 10.9. The normalized spacial score (nSPS) is 12.3. The molecule has 0 bridgehead atoms. The first kappa shape index (κ1) is 20.9. The molecule has 0 aromatic heterocycles. The van der Waals surface area contributed by atoms with Crippen LogP contribution < -0.4 is 4.74 Å². The Morgan fingerprint density at radius 3 is 1.90 bits per heavy atom. The average Bonchev–Trinajstić information content (AvgIpc) is 3.00. The standard InChI is InChI=1S/C38H22O/c1-4-11-27-23(8-1)16-18-32-33(27)20-24-9-3-6-13-29(24)37(32)26-17-19-35-34(21-26)31-15-7-14-30-28-12-5-2-10-25(28)22-36(39-35)38(30)31/h1-22H. The molecule has 0 unspecified atom stereocenters. The molecule has 9 rings (SSSR count). The molecule has 0 radical (unpaired) electrons. The van der Waals surface area contributed by atoms with Crippen LogP contribution in [0.1, 0.15) is 0 Å². The Labute approximate surface area is 225 Å². The SMILES string of the molecule is c1ccc2c(-c3ccc4c(c3)-c3cccc5c3c(cc3ccccc35)O4)c3ccc4ccccc4c3cc2c1. The van der Waals surface area contributed by atoms with Crippen molar-refractivity contribution in [3.8, 4) is 33.8 Å². The van der Waals surface area contributed by atoms with Gasteiger partial charge in [0.15, 0.2) is 0 Å². The van der Waals surface area contributed by atoms with E-state index in [-0.39, 0.29) is 0 Å². The van der Waals surface area contributed by atoms with Gasteiger partial charge in [0.25, 0.3) is 0 Å². The van der Waals surface area contributed by atoms with E-state index in [9.17, 15) is 0 Å². The molecule has 39 heavy (non-hydrogen) atoms. The van der Waals surface area contributed by atoms with Crippen LogP contribution in [0.4, 0.5) is 0 Å². The van der Waals surface area contributed by atoms with E-state index in [1.807, 2.05) is 0 Å². The van der Waals surface area contributed by atoms with Crippen LogP contribution in [0.15, 0.2) is 133 Å². The van der Waals surface area contributed by atoms with Crippen molar-refractivity contribution in [3.05, 3.63) is 133 Å². The number of fused-ring (bicyclic) bond motifs is 8. The third-order valence-corrected chi connectivity index (χ3v) is 8.40. The van der Waals surface area contributed by atoms with Crippen LogP contribution in [0.3, 0.4) is 0 Å². The molecule has 1 aliphatic rings. The van der Waals surface area contributed by atoms with Crippen LogP contribution in [0.5, 0.6) is 11.5 Å². The molecular formula is C38H22O. The first-order valence-electron chi connectivity index (χ1n) is 13.4. The number of rotatable bonds is 1. The molecule has 0 fully saturated rings. The molecule has 0 aliphatic carbocycles. The van der Waals surface area contributed by atoms with E-state index in [0.29, 0.717) is 0 Å². The summed E-state index contributed by atoms with van der Waals surface area (Å²) in [5, 5.41) is 12.5. The Kier molecular flexibility index (Phi) is 4.11. The van der Waals surface area contributed by atoms with Crippen LogP contribution in [0, 0.1) is 0 Å². The lowest BCUT2D eigenvalue weighted by molar-refractivity contribution is 0.488. The van der Waals surface area contributed by atoms with Crippen molar-refractivity contribution in [2.45, 2.75) is 0 Å². The molecule has 0 saturated carbocycles. The van der Waals surface area contributed by atoms with Crippen LogP contribution in [-0.2, 0) is 0 Å². The fourth-order valence-corrected chi connectivity index (χ4v) is 6.66. The van der Waals surface area contributed by atoms with E-state index >= 15 is 0 Å². The van der Waals surface area contributed by atoms with Crippen molar-refractivity contribution in [1.82, 2.24) is 0 Å². The maximum absolute atomic E-state index is 6.58. The van der Waals surface area contributed by atoms with Gasteiger partial charge in [-0.05, 0) is 89.4 Å². The van der Waals surface area contributed by atoms with Gasteiger partial charge in [-0.25, -0.2) is 0 Å². The monoisotopic (exact) mass is 494 g/mol. The van der Waals surface area contributed by atoms with E-state index in [1.165, 1.54) is 70.6 Å². The second-order valence-corrected chi connectivity index (χ2v) is 10.5. The molecule has 8 aromatic rings. The minimum Gasteiger partial charge on any atom is -0.456 e. The first-order chi connectivity index (χ1) is 19.3. The van der Waals surface area contributed by atoms with Gasteiger partial charge in [0.05, 0.1) is 0 Å². The molecule has 1 heterocycles. The van der Waals surface area contributed by atoms with Crippen molar-refractivity contribution >= 4 is 53.9 Å². The molecule has 180 valence electrons. The smallest absolute Gasteiger partial charge is 0.136 e. The van der Waals surface area contributed by atoms with Gasteiger partial charge in [0.2, 0.25) is 0 Å². The Morgan fingerprint density at radius 1 is 0.359 bits per heavy atom. The second kappa shape index (κ2) is 7.69. The molecule has 0 saturated heterocycles. The number of benzene rings is 8. The third-order valence-electron chi connectivity index (χ3n) is 8.40. The summed E-state index contributed by atoms with van der Waals surface area (Å²) in [5.74, 6) is 1.84. The molecular weight excluding hydrogens is 472 g/mol. The molecule has 1 nitrogen and oxygen atoms in total. The summed E-state index contributed by atoms with van der Waals surface area (Å²) >= 11 is 0. The van der Waals surface area contributed by atoms with Crippen molar-refractivity contribution in [2.75, 3.05) is 0 Å². The lowest BCUT2D eigenvalue weighted by Gasteiger charge is -2.23. The maximum atomic E-state index is 6.58. The van der Waals surface area contributed by atoms with Crippen LogP contribution >= 0.6 is 0 Å². The summed E-state index contributed by atoms with van der Waals surface area (Å²) in [7, 11) is 0. The average molecular weight is 495 g/mol. The Bertz CT molecular complexity index is 2310. The van der Waals surface area contributed by atoms with Crippen LogP contribution in [0.25, 0.3) is 76.1 Å². The summed E-state index contributed by atoms with van der Waals surface area (Å²) in [5.41, 5.74) is 4.85. The lowest BCUT2D eigenvalue weighted by atomic mass is 9.87. The zero-order valence-corrected chi connectivity index (χ0v) is 21.1. The number of hydrogen-bond acceptors (Lipinski definition) is 1. The summed E-state index contributed by atoms with van der Waals surface area (Å²) in [4.78, 5) is 0. The molecule has 0 N–H and O–H groups in total. The predicted molar refractivity (Wildman–Crippen MR) is 165 cm³/mol. The van der Waals surface area contributed by atoms with E-state index in [1.54, 1.807) is 0 Å². The van der Waals surface area contributed by atoms with Gasteiger partial charge in [0, 0.05) is 10.9 Å². The van der Waals surface area contributed by atoms with E-state index in [4.69, 9.17) is 4.74 Å². The quantitative estimate of drug-likeness (QED) is 0.163. The fraction of sp³-hybridized carbons (Fsp3) is 0. The summed E-state index contributed by atoms with van der Waals surface area (Å²) in [6.45, 7) is 0. The Morgan fingerprint density at radius 2 is 1.05 bits per heavy atom. The molecule has 0 atom stereocenters. The highest BCUT2D eigenvalue weighted by molar-refractivity contribution is 6.21. The molecule has 0 amide bonds.